The second-order valence-corrected chi connectivity index (χ2v) is 5.64. The lowest BCUT2D eigenvalue weighted by Crippen LogP contribution is -2.24. The fourth-order valence-corrected chi connectivity index (χ4v) is 3.04. The highest BCUT2D eigenvalue weighted by molar-refractivity contribution is 8.24. The van der Waals surface area contributed by atoms with Crippen LogP contribution in [0.25, 0.3) is 0 Å². The van der Waals surface area contributed by atoms with Crippen molar-refractivity contribution in [3.63, 3.8) is 0 Å². The van der Waals surface area contributed by atoms with E-state index >= 15 is 0 Å². The molecule has 84 valence electrons. The summed E-state index contributed by atoms with van der Waals surface area (Å²) in [5, 5.41) is 2.70. The van der Waals surface area contributed by atoms with Crippen LogP contribution in [-0.4, -0.2) is 15.5 Å². The van der Waals surface area contributed by atoms with Gasteiger partial charge in [0.05, 0.1) is 5.25 Å². The van der Waals surface area contributed by atoms with Gasteiger partial charge in [-0.3, -0.25) is 4.79 Å². The van der Waals surface area contributed by atoms with Gasteiger partial charge in [0, 0.05) is 0 Å². The Morgan fingerprint density at radius 2 is 2.06 bits per heavy atom. The topological polar surface area (TPSA) is 29.1 Å². The van der Waals surface area contributed by atoms with Crippen LogP contribution in [0.15, 0.2) is 30.3 Å². The SMILES string of the molecule is O=C1NC(=S)SC1CCCc1ccccc1. The van der Waals surface area contributed by atoms with Crippen molar-refractivity contribution in [2.45, 2.75) is 24.5 Å². The van der Waals surface area contributed by atoms with E-state index < -0.39 is 0 Å². The Kier molecular flexibility index (Phi) is 3.96. The van der Waals surface area contributed by atoms with Gasteiger partial charge >= 0.3 is 0 Å². The van der Waals surface area contributed by atoms with Gasteiger partial charge in [-0.2, -0.15) is 0 Å². The molecule has 1 atom stereocenters. The van der Waals surface area contributed by atoms with E-state index in [4.69, 9.17) is 12.2 Å². The number of carbonyl (C=O) groups is 1. The average Bonchev–Trinajstić information content (AvgIpc) is 2.59. The lowest BCUT2D eigenvalue weighted by Gasteiger charge is -2.04. The summed E-state index contributed by atoms with van der Waals surface area (Å²) in [4.78, 5) is 11.4. The molecule has 0 aromatic heterocycles. The van der Waals surface area contributed by atoms with Gasteiger partial charge in [0.25, 0.3) is 0 Å². The van der Waals surface area contributed by atoms with Crippen molar-refractivity contribution in [3.8, 4) is 0 Å². The molecule has 1 unspecified atom stereocenters. The first-order chi connectivity index (χ1) is 7.75. The summed E-state index contributed by atoms with van der Waals surface area (Å²) in [6, 6.07) is 10.3. The van der Waals surface area contributed by atoms with Crippen molar-refractivity contribution in [1.29, 1.82) is 0 Å². The zero-order valence-electron chi connectivity index (χ0n) is 8.81. The molecule has 1 aliphatic rings. The molecule has 1 amide bonds. The Balaban J connectivity index is 1.76. The maximum atomic E-state index is 11.4. The van der Waals surface area contributed by atoms with E-state index in [-0.39, 0.29) is 11.2 Å². The molecule has 1 saturated heterocycles. The molecule has 16 heavy (non-hydrogen) atoms. The minimum Gasteiger partial charge on any atom is -0.311 e. The smallest absolute Gasteiger partial charge is 0.238 e. The Morgan fingerprint density at radius 1 is 1.31 bits per heavy atom. The summed E-state index contributed by atoms with van der Waals surface area (Å²) in [5.41, 5.74) is 1.33. The highest BCUT2D eigenvalue weighted by Gasteiger charge is 2.28. The molecule has 1 fully saturated rings. The first-order valence-electron chi connectivity index (χ1n) is 5.31. The maximum absolute atomic E-state index is 11.4. The summed E-state index contributed by atoms with van der Waals surface area (Å²) in [6.45, 7) is 0. The molecular weight excluding hydrogens is 238 g/mol. The quantitative estimate of drug-likeness (QED) is 0.834. The Hall–Kier alpha value is -0.870. The summed E-state index contributed by atoms with van der Waals surface area (Å²) in [7, 11) is 0. The van der Waals surface area contributed by atoms with E-state index in [1.54, 1.807) is 0 Å². The molecule has 1 N–H and O–H groups in total. The van der Waals surface area contributed by atoms with Crippen LogP contribution in [0.2, 0.25) is 0 Å². The number of hydrogen-bond acceptors (Lipinski definition) is 3. The normalized spacial score (nSPS) is 19.9. The molecule has 1 aromatic carbocycles. The fourth-order valence-electron chi connectivity index (χ4n) is 1.72. The molecule has 0 saturated carbocycles. The van der Waals surface area contributed by atoms with Crippen molar-refractivity contribution in [2.24, 2.45) is 0 Å². The minimum atomic E-state index is 0.0243. The number of benzene rings is 1. The van der Waals surface area contributed by atoms with Gasteiger partial charge < -0.3 is 5.32 Å². The molecule has 0 spiro atoms. The zero-order chi connectivity index (χ0) is 11.4. The average molecular weight is 251 g/mol. The molecule has 0 bridgehead atoms. The predicted molar refractivity (Wildman–Crippen MR) is 71.5 cm³/mol. The van der Waals surface area contributed by atoms with Crippen LogP contribution in [0.4, 0.5) is 0 Å². The van der Waals surface area contributed by atoms with E-state index in [0.29, 0.717) is 4.32 Å². The molecule has 0 aliphatic carbocycles. The van der Waals surface area contributed by atoms with Gasteiger partial charge in [-0.05, 0) is 24.8 Å². The van der Waals surface area contributed by atoms with Crippen molar-refractivity contribution in [1.82, 2.24) is 5.32 Å². The molecule has 1 aromatic rings. The number of thiocarbonyl (C=S) groups is 1. The number of aryl methyl sites for hydroxylation is 1. The maximum Gasteiger partial charge on any atom is 0.238 e. The monoisotopic (exact) mass is 251 g/mol. The summed E-state index contributed by atoms with van der Waals surface area (Å²) in [5.74, 6) is 0.0723. The van der Waals surface area contributed by atoms with Gasteiger partial charge in [-0.25, -0.2) is 0 Å². The first-order valence-corrected chi connectivity index (χ1v) is 6.60. The highest BCUT2D eigenvalue weighted by atomic mass is 32.2. The Labute approximate surface area is 105 Å². The number of thioether (sulfide) groups is 1. The zero-order valence-corrected chi connectivity index (χ0v) is 10.4. The van der Waals surface area contributed by atoms with E-state index in [1.807, 2.05) is 18.2 Å². The van der Waals surface area contributed by atoms with Gasteiger partial charge in [-0.1, -0.05) is 54.3 Å². The number of amides is 1. The first kappa shape index (κ1) is 11.6. The lowest BCUT2D eigenvalue weighted by atomic mass is 10.1. The van der Waals surface area contributed by atoms with Gasteiger partial charge in [0.15, 0.2) is 0 Å². The summed E-state index contributed by atoms with van der Waals surface area (Å²) < 4.78 is 0.620. The number of rotatable bonds is 4. The molecule has 0 radical (unpaired) electrons. The number of carbonyl (C=O) groups excluding carboxylic acids is 1. The Morgan fingerprint density at radius 3 is 2.69 bits per heavy atom. The Bertz CT molecular complexity index is 391. The number of nitrogens with one attached hydrogen (secondary N) is 1. The van der Waals surface area contributed by atoms with Crippen molar-refractivity contribution < 1.29 is 4.79 Å². The van der Waals surface area contributed by atoms with Crippen molar-refractivity contribution in [3.05, 3.63) is 35.9 Å². The lowest BCUT2D eigenvalue weighted by molar-refractivity contribution is -0.118. The van der Waals surface area contributed by atoms with Crippen molar-refractivity contribution >= 4 is 34.2 Å². The second-order valence-electron chi connectivity index (χ2n) is 3.76. The largest absolute Gasteiger partial charge is 0.311 e. The van der Waals surface area contributed by atoms with E-state index in [1.165, 1.54) is 17.3 Å². The van der Waals surface area contributed by atoms with Crippen molar-refractivity contribution in [2.75, 3.05) is 0 Å². The minimum absolute atomic E-state index is 0.0243. The third-order valence-corrected chi connectivity index (χ3v) is 3.98. The van der Waals surface area contributed by atoms with Gasteiger partial charge in [-0.15, -0.1) is 0 Å². The van der Waals surface area contributed by atoms with Crippen LogP contribution in [0.5, 0.6) is 0 Å². The van der Waals surface area contributed by atoms with Gasteiger partial charge in [0.2, 0.25) is 5.91 Å². The molecule has 2 nitrogen and oxygen atoms in total. The number of hydrogen-bond donors (Lipinski definition) is 1. The molecular formula is C12H13NOS2. The van der Waals surface area contributed by atoms with Crippen LogP contribution in [-0.2, 0) is 11.2 Å². The van der Waals surface area contributed by atoms with Crippen LogP contribution < -0.4 is 5.32 Å². The summed E-state index contributed by atoms with van der Waals surface area (Å²) in [6.07, 6.45) is 2.95. The van der Waals surface area contributed by atoms with Crippen LogP contribution in [0, 0.1) is 0 Å². The van der Waals surface area contributed by atoms with Crippen LogP contribution >= 0.6 is 24.0 Å². The second kappa shape index (κ2) is 5.46. The van der Waals surface area contributed by atoms with E-state index in [0.717, 1.165) is 19.3 Å². The van der Waals surface area contributed by atoms with E-state index in [2.05, 4.69) is 17.4 Å². The molecule has 2 rings (SSSR count). The molecule has 1 heterocycles. The van der Waals surface area contributed by atoms with Crippen LogP contribution in [0.3, 0.4) is 0 Å². The predicted octanol–water partition coefficient (Wildman–Crippen LogP) is 2.53. The molecule has 1 aliphatic heterocycles. The van der Waals surface area contributed by atoms with Gasteiger partial charge in [0.1, 0.15) is 4.32 Å². The van der Waals surface area contributed by atoms with Crippen LogP contribution in [0.1, 0.15) is 18.4 Å². The standard InChI is InChI=1S/C12H13NOS2/c14-11-10(16-12(15)13-11)8-4-7-9-5-2-1-3-6-9/h1-3,5-6,10H,4,7-8H2,(H,13,14,15). The van der Waals surface area contributed by atoms with E-state index in [9.17, 15) is 4.79 Å². The molecule has 4 heteroatoms. The third kappa shape index (κ3) is 3.06. The highest BCUT2D eigenvalue weighted by Crippen LogP contribution is 2.24. The fraction of sp³-hybridized carbons (Fsp3) is 0.333. The third-order valence-electron chi connectivity index (χ3n) is 2.54. The summed E-state index contributed by atoms with van der Waals surface area (Å²) >= 11 is 6.43.